The maximum atomic E-state index is 13.5. The number of halogens is 1. The van der Waals surface area contributed by atoms with E-state index in [9.17, 15) is 27.7 Å². The molecule has 0 aliphatic heterocycles. The van der Waals surface area contributed by atoms with Crippen molar-refractivity contribution in [3.63, 3.8) is 0 Å². The summed E-state index contributed by atoms with van der Waals surface area (Å²) < 4.78 is 44.1. The smallest absolute Gasteiger partial charge is 0.321 e. The molecule has 0 atom stereocenters. The monoisotopic (exact) mass is 397 g/mol. The Hall–Kier alpha value is -2.51. The topological polar surface area (TPSA) is 125 Å². The van der Waals surface area contributed by atoms with Gasteiger partial charge in [-0.25, -0.2) is 12.8 Å². The van der Waals surface area contributed by atoms with Crippen molar-refractivity contribution >= 4 is 21.9 Å². The SMILES string of the molecule is N#CC1(NC(=O)COC(=O)CNS(=O)(=O)c2ccccc2F)CCCCC1. The number of nitriles is 1. The summed E-state index contributed by atoms with van der Waals surface area (Å²) in [5, 5.41) is 11.9. The van der Waals surface area contributed by atoms with Crippen molar-refractivity contribution in [1.29, 1.82) is 5.26 Å². The minimum Gasteiger partial charge on any atom is -0.455 e. The molecule has 1 aromatic carbocycles. The second kappa shape index (κ2) is 8.92. The van der Waals surface area contributed by atoms with Crippen molar-refractivity contribution in [2.24, 2.45) is 0 Å². The molecule has 0 heterocycles. The highest BCUT2D eigenvalue weighted by molar-refractivity contribution is 7.89. The fraction of sp³-hybridized carbons (Fsp3) is 0.471. The summed E-state index contributed by atoms with van der Waals surface area (Å²) in [7, 11) is -4.23. The maximum Gasteiger partial charge on any atom is 0.321 e. The molecule has 0 bridgehead atoms. The van der Waals surface area contributed by atoms with Crippen LogP contribution < -0.4 is 10.0 Å². The normalized spacial score (nSPS) is 16.1. The molecule has 0 spiro atoms. The number of esters is 1. The molecular weight excluding hydrogens is 377 g/mol. The van der Waals surface area contributed by atoms with Crippen LogP contribution in [0.2, 0.25) is 0 Å². The van der Waals surface area contributed by atoms with E-state index in [0.717, 1.165) is 31.4 Å². The molecule has 1 aromatic rings. The lowest BCUT2D eigenvalue weighted by Crippen LogP contribution is -2.50. The van der Waals surface area contributed by atoms with Gasteiger partial charge in [-0.3, -0.25) is 9.59 Å². The molecule has 1 aliphatic rings. The van der Waals surface area contributed by atoms with Gasteiger partial charge < -0.3 is 10.1 Å². The van der Waals surface area contributed by atoms with E-state index in [4.69, 9.17) is 4.74 Å². The van der Waals surface area contributed by atoms with Gasteiger partial charge in [-0.15, -0.1) is 0 Å². The number of ether oxygens (including phenoxy) is 1. The molecule has 1 amide bonds. The van der Waals surface area contributed by atoms with Gasteiger partial charge in [0.05, 0.1) is 6.07 Å². The predicted octanol–water partition coefficient (Wildman–Crippen LogP) is 0.990. The molecule has 2 N–H and O–H groups in total. The average Bonchev–Trinajstić information content (AvgIpc) is 2.66. The van der Waals surface area contributed by atoms with Crippen molar-refractivity contribution in [3.05, 3.63) is 30.1 Å². The lowest BCUT2D eigenvalue weighted by atomic mass is 9.83. The van der Waals surface area contributed by atoms with Gasteiger partial charge in [0, 0.05) is 0 Å². The molecule has 0 radical (unpaired) electrons. The van der Waals surface area contributed by atoms with Crippen LogP contribution >= 0.6 is 0 Å². The molecule has 1 aliphatic carbocycles. The second-order valence-electron chi connectivity index (χ2n) is 6.22. The summed E-state index contributed by atoms with van der Waals surface area (Å²) in [6.45, 7) is -1.39. The Kier molecular flexibility index (Phi) is 6.87. The van der Waals surface area contributed by atoms with Crippen molar-refractivity contribution in [3.8, 4) is 6.07 Å². The number of carbonyl (C=O) groups excluding carboxylic acids is 2. The molecule has 1 fully saturated rings. The van der Waals surface area contributed by atoms with Crippen molar-refractivity contribution in [2.45, 2.75) is 42.5 Å². The van der Waals surface area contributed by atoms with Crippen LogP contribution in [0.15, 0.2) is 29.2 Å². The molecule has 0 aromatic heterocycles. The zero-order valence-corrected chi connectivity index (χ0v) is 15.4. The molecule has 8 nitrogen and oxygen atoms in total. The van der Waals surface area contributed by atoms with E-state index in [0.29, 0.717) is 12.8 Å². The molecule has 2 rings (SSSR count). The maximum absolute atomic E-state index is 13.5. The fourth-order valence-electron chi connectivity index (χ4n) is 2.81. The Morgan fingerprint density at radius 1 is 1.22 bits per heavy atom. The van der Waals surface area contributed by atoms with E-state index in [2.05, 4.69) is 11.4 Å². The van der Waals surface area contributed by atoms with Gasteiger partial charge >= 0.3 is 5.97 Å². The van der Waals surface area contributed by atoms with Gasteiger partial charge in [0.25, 0.3) is 5.91 Å². The molecule has 10 heteroatoms. The molecule has 27 heavy (non-hydrogen) atoms. The minimum atomic E-state index is -4.23. The number of sulfonamides is 1. The number of nitrogens with one attached hydrogen (secondary N) is 2. The zero-order valence-electron chi connectivity index (χ0n) is 14.5. The minimum absolute atomic E-state index is 0.533. The van der Waals surface area contributed by atoms with Gasteiger partial charge in [0.1, 0.15) is 22.8 Å². The highest BCUT2D eigenvalue weighted by atomic mass is 32.2. The number of hydrogen-bond donors (Lipinski definition) is 2. The third-order valence-corrected chi connectivity index (χ3v) is 5.63. The summed E-state index contributed by atoms with van der Waals surface area (Å²) in [6.07, 6.45) is 3.71. The summed E-state index contributed by atoms with van der Waals surface area (Å²) in [6, 6.07) is 6.82. The zero-order chi connectivity index (χ0) is 19.9. The third-order valence-electron chi connectivity index (χ3n) is 4.20. The van der Waals surface area contributed by atoms with Crippen LogP contribution in [0.3, 0.4) is 0 Å². The van der Waals surface area contributed by atoms with Crippen molar-refractivity contribution in [2.75, 3.05) is 13.2 Å². The summed E-state index contributed by atoms with van der Waals surface area (Å²) in [5.41, 5.74) is -0.950. The molecule has 0 saturated heterocycles. The Labute approximate surface area is 156 Å². The Bertz CT molecular complexity index is 844. The first-order valence-electron chi connectivity index (χ1n) is 8.40. The first kappa shape index (κ1) is 20.8. The first-order chi connectivity index (χ1) is 12.8. The van der Waals surface area contributed by atoms with Gasteiger partial charge in [0.15, 0.2) is 6.61 Å². The molecular formula is C17H20FN3O5S. The summed E-state index contributed by atoms with van der Waals surface area (Å²) >= 11 is 0. The van der Waals surface area contributed by atoms with Crippen LogP contribution in [0, 0.1) is 17.1 Å². The van der Waals surface area contributed by atoms with E-state index in [1.807, 2.05) is 4.72 Å². The fourth-order valence-corrected chi connectivity index (χ4v) is 3.86. The molecule has 0 unspecified atom stereocenters. The first-order valence-corrected chi connectivity index (χ1v) is 9.88. The lowest BCUT2D eigenvalue weighted by Gasteiger charge is -2.31. The van der Waals surface area contributed by atoms with E-state index in [1.54, 1.807) is 0 Å². The predicted molar refractivity (Wildman–Crippen MR) is 92.1 cm³/mol. The van der Waals surface area contributed by atoms with Crippen LogP contribution in [0.1, 0.15) is 32.1 Å². The highest BCUT2D eigenvalue weighted by Gasteiger charge is 2.33. The molecule has 146 valence electrons. The Morgan fingerprint density at radius 2 is 1.89 bits per heavy atom. The highest BCUT2D eigenvalue weighted by Crippen LogP contribution is 2.27. The average molecular weight is 397 g/mol. The van der Waals surface area contributed by atoms with Crippen molar-refractivity contribution in [1.82, 2.24) is 10.0 Å². The Morgan fingerprint density at radius 3 is 2.52 bits per heavy atom. The van der Waals surface area contributed by atoms with Crippen LogP contribution in [0.4, 0.5) is 4.39 Å². The van der Waals surface area contributed by atoms with Crippen LogP contribution in [-0.2, 0) is 24.3 Å². The van der Waals surface area contributed by atoms with Crippen LogP contribution in [0.5, 0.6) is 0 Å². The lowest BCUT2D eigenvalue weighted by molar-refractivity contribution is -0.147. The number of benzene rings is 1. The Balaban J connectivity index is 1.81. The van der Waals surface area contributed by atoms with E-state index in [1.165, 1.54) is 12.1 Å². The van der Waals surface area contributed by atoms with Gasteiger partial charge in [-0.1, -0.05) is 31.4 Å². The number of nitrogens with zero attached hydrogens (tertiary/aromatic N) is 1. The van der Waals surface area contributed by atoms with Crippen molar-refractivity contribution < 1.29 is 27.1 Å². The number of amides is 1. The quantitative estimate of drug-likeness (QED) is 0.661. The summed E-state index contributed by atoms with van der Waals surface area (Å²) in [5.74, 6) is -2.59. The van der Waals surface area contributed by atoms with Crippen LogP contribution in [0.25, 0.3) is 0 Å². The third kappa shape index (κ3) is 5.74. The van der Waals surface area contributed by atoms with Gasteiger partial charge in [-0.05, 0) is 25.0 Å². The number of hydrogen-bond acceptors (Lipinski definition) is 6. The van der Waals surface area contributed by atoms with E-state index < -0.39 is 51.3 Å². The number of rotatable bonds is 7. The number of carbonyl (C=O) groups is 2. The van der Waals surface area contributed by atoms with E-state index >= 15 is 0 Å². The van der Waals surface area contributed by atoms with Crippen LogP contribution in [-0.4, -0.2) is 39.0 Å². The van der Waals surface area contributed by atoms with Gasteiger partial charge in [0.2, 0.25) is 10.0 Å². The van der Waals surface area contributed by atoms with E-state index in [-0.39, 0.29) is 0 Å². The largest absolute Gasteiger partial charge is 0.455 e. The summed E-state index contributed by atoms with van der Waals surface area (Å²) in [4.78, 5) is 23.0. The standard InChI is InChI=1S/C17H20FN3O5S/c18-13-6-2-3-7-14(13)27(24,25)20-10-16(23)26-11-15(22)21-17(12-19)8-4-1-5-9-17/h2-3,6-7,20H,1,4-5,8-11H2,(H,21,22). The van der Waals surface area contributed by atoms with Gasteiger partial charge in [-0.2, -0.15) is 9.98 Å². The molecule has 1 saturated carbocycles. The second-order valence-corrected chi connectivity index (χ2v) is 7.95.